The van der Waals surface area contributed by atoms with Gasteiger partial charge in [-0.2, -0.15) is 0 Å². The fraction of sp³-hybridized carbons (Fsp3) is 0.923. The number of amides is 1. The van der Waals surface area contributed by atoms with Crippen LogP contribution in [0.2, 0.25) is 0 Å². The third kappa shape index (κ3) is 6.11. The van der Waals surface area contributed by atoms with Crippen molar-refractivity contribution >= 4 is 5.91 Å². The summed E-state index contributed by atoms with van der Waals surface area (Å²) in [6.07, 6.45) is 5.02. The minimum absolute atomic E-state index is 0.235. The topological polar surface area (TPSA) is 55.1 Å². The summed E-state index contributed by atoms with van der Waals surface area (Å²) in [4.78, 5) is 11.1. The van der Waals surface area contributed by atoms with E-state index < -0.39 is 5.41 Å². The van der Waals surface area contributed by atoms with Gasteiger partial charge in [-0.05, 0) is 32.7 Å². The van der Waals surface area contributed by atoms with E-state index in [0.29, 0.717) is 6.54 Å². The third-order valence-corrected chi connectivity index (χ3v) is 3.21. The molecule has 3 N–H and O–H groups in total. The molecule has 0 aromatic rings. The first-order valence-corrected chi connectivity index (χ1v) is 6.44. The number of rotatable bonds is 9. The first kappa shape index (κ1) is 15.4. The van der Waals surface area contributed by atoms with Gasteiger partial charge in [0.15, 0.2) is 0 Å². The van der Waals surface area contributed by atoms with E-state index in [-0.39, 0.29) is 5.91 Å². The Balaban J connectivity index is 3.81. The maximum absolute atomic E-state index is 11.1. The lowest BCUT2D eigenvalue weighted by Crippen LogP contribution is -2.41. The molecule has 1 unspecified atom stereocenters. The monoisotopic (exact) mass is 228 g/mol. The van der Waals surface area contributed by atoms with Crippen LogP contribution in [-0.2, 0) is 4.79 Å². The molecule has 16 heavy (non-hydrogen) atoms. The van der Waals surface area contributed by atoms with Crippen molar-refractivity contribution in [2.75, 3.05) is 13.1 Å². The number of hydrogen-bond acceptors (Lipinski definition) is 2. The van der Waals surface area contributed by atoms with Crippen LogP contribution in [0, 0.1) is 11.3 Å². The lowest BCUT2D eigenvalue weighted by Gasteiger charge is -2.23. The van der Waals surface area contributed by atoms with Crippen molar-refractivity contribution in [1.29, 1.82) is 0 Å². The summed E-state index contributed by atoms with van der Waals surface area (Å²) < 4.78 is 0. The average molecular weight is 228 g/mol. The first-order chi connectivity index (χ1) is 7.44. The summed E-state index contributed by atoms with van der Waals surface area (Å²) in [6, 6.07) is 0. The van der Waals surface area contributed by atoms with E-state index in [1.165, 1.54) is 25.7 Å². The number of carbonyl (C=O) groups excluding carboxylic acids is 1. The lowest BCUT2D eigenvalue weighted by molar-refractivity contribution is -0.125. The molecule has 3 heteroatoms. The normalized spacial score (nSPS) is 13.8. The molecule has 0 aromatic carbocycles. The number of primary amides is 1. The van der Waals surface area contributed by atoms with Gasteiger partial charge in [-0.1, -0.05) is 33.1 Å². The van der Waals surface area contributed by atoms with E-state index in [1.807, 2.05) is 13.8 Å². The van der Waals surface area contributed by atoms with Gasteiger partial charge in [0.1, 0.15) is 0 Å². The van der Waals surface area contributed by atoms with Gasteiger partial charge < -0.3 is 11.1 Å². The fourth-order valence-corrected chi connectivity index (χ4v) is 1.62. The van der Waals surface area contributed by atoms with Crippen LogP contribution in [0.3, 0.4) is 0 Å². The van der Waals surface area contributed by atoms with Gasteiger partial charge in [-0.3, -0.25) is 4.79 Å². The maximum Gasteiger partial charge on any atom is 0.224 e. The Morgan fingerprint density at radius 3 is 2.44 bits per heavy atom. The molecule has 96 valence electrons. The van der Waals surface area contributed by atoms with Crippen LogP contribution >= 0.6 is 0 Å². The number of nitrogens with two attached hydrogens (primary N) is 1. The van der Waals surface area contributed by atoms with Gasteiger partial charge in [0, 0.05) is 6.54 Å². The molecule has 0 aromatic heterocycles. The van der Waals surface area contributed by atoms with Gasteiger partial charge in [0.25, 0.3) is 0 Å². The maximum atomic E-state index is 11.1. The second kappa shape index (κ2) is 7.66. The van der Waals surface area contributed by atoms with Gasteiger partial charge in [-0.15, -0.1) is 0 Å². The third-order valence-electron chi connectivity index (χ3n) is 3.21. The molecular formula is C13H28N2O. The zero-order valence-corrected chi connectivity index (χ0v) is 11.3. The summed E-state index contributed by atoms with van der Waals surface area (Å²) in [7, 11) is 0. The van der Waals surface area contributed by atoms with Crippen LogP contribution < -0.4 is 11.1 Å². The SMILES string of the molecule is CCCCC(CC)CNCC(C)(C)C(N)=O. The van der Waals surface area contributed by atoms with Crippen molar-refractivity contribution in [3.8, 4) is 0 Å². The van der Waals surface area contributed by atoms with Crippen LogP contribution in [0.25, 0.3) is 0 Å². The van der Waals surface area contributed by atoms with E-state index in [9.17, 15) is 4.79 Å². The second-order valence-electron chi connectivity index (χ2n) is 5.30. The quantitative estimate of drug-likeness (QED) is 0.636. The fourth-order valence-electron chi connectivity index (χ4n) is 1.62. The first-order valence-electron chi connectivity index (χ1n) is 6.44. The lowest BCUT2D eigenvalue weighted by atomic mass is 9.92. The van der Waals surface area contributed by atoms with E-state index >= 15 is 0 Å². The van der Waals surface area contributed by atoms with Crippen LogP contribution in [0.4, 0.5) is 0 Å². The number of hydrogen-bond donors (Lipinski definition) is 2. The molecule has 1 amide bonds. The summed E-state index contributed by atoms with van der Waals surface area (Å²) >= 11 is 0. The molecule has 0 aliphatic carbocycles. The number of carbonyl (C=O) groups is 1. The molecule has 0 aliphatic rings. The molecule has 0 bridgehead atoms. The molecule has 1 atom stereocenters. The molecule has 0 saturated heterocycles. The van der Waals surface area contributed by atoms with Crippen LogP contribution in [0.1, 0.15) is 53.4 Å². The molecule has 0 heterocycles. The van der Waals surface area contributed by atoms with E-state index in [4.69, 9.17) is 5.73 Å². The Bertz CT molecular complexity index is 202. The summed E-state index contributed by atoms with van der Waals surface area (Å²) in [5.74, 6) is 0.491. The molecular weight excluding hydrogens is 200 g/mol. The Labute approximate surface area is 100 Å². The predicted molar refractivity (Wildman–Crippen MR) is 69.2 cm³/mol. The second-order valence-corrected chi connectivity index (χ2v) is 5.30. The zero-order valence-electron chi connectivity index (χ0n) is 11.3. The summed E-state index contributed by atoms with van der Waals surface area (Å²) in [5.41, 5.74) is 4.88. The summed E-state index contributed by atoms with van der Waals surface area (Å²) in [5, 5.41) is 3.37. The minimum Gasteiger partial charge on any atom is -0.369 e. The molecule has 0 radical (unpaired) electrons. The Hall–Kier alpha value is -0.570. The molecule has 0 saturated carbocycles. The number of unbranched alkanes of at least 4 members (excludes halogenated alkanes) is 1. The predicted octanol–water partition coefficient (Wildman–Crippen LogP) is 2.30. The van der Waals surface area contributed by atoms with Crippen molar-refractivity contribution in [3.63, 3.8) is 0 Å². The standard InChI is InChI=1S/C13H28N2O/c1-5-7-8-11(6-2)9-15-10-13(3,4)12(14)16/h11,15H,5-10H2,1-4H3,(H2,14,16). The highest BCUT2D eigenvalue weighted by Gasteiger charge is 2.24. The zero-order chi connectivity index (χ0) is 12.6. The molecule has 0 rings (SSSR count). The minimum atomic E-state index is -0.441. The Morgan fingerprint density at radius 1 is 1.38 bits per heavy atom. The summed E-state index contributed by atoms with van der Waals surface area (Å²) in [6.45, 7) is 9.88. The van der Waals surface area contributed by atoms with Crippen molar-refractivity contribution < 1.29 is 4.79 Å². The molecule has 0 spiro atoms. The van der Waals surface area contributed by atoms with Crippen molar-refractivity contribution in [2.24, 2.45) is 17.1 Å². The van der Waals surface area contributed by atoms with Crippen LogP contribution in [0.5, 0.6) is 0 Å². The molecule has 0 aliphatic heterocycles. The molecule has 3 nitrogen and oxygen atoms in total. The highest BCUT2D eigenvalue weighted by Crippen LogP contribution is 2.14. The Kier molecular flexibility index (Phi) is 7.39. The largest absolute Gasteiger partial charge is 0.369 e. The van der Waals surface area contributed by atoms with E-state index in [1.54, 1.807) is 0 Å². The van der Waals surface area contributed by atoms with Crippen molar-refractivity contribution in [3.05, 3.63) is 0 Å². The smallest absolute Gasteiger partial charge is 0.224 e. The number of nitrogens with one attached hydrogen (secondary N) is 1. The van der Waals surface area contributed by atoms with Gasteiger partial charge in [-0.25, -0.2) is 0 Å². The van der Waals surface area contributed by atoms with Crippen molar-refractivity contribution in [2.45, 2.75) is 53.4 Å². The van der Waals surface area contributed by atoms with E-state index in [2.05, 4.69) is 19.2 Å². The van der Waals surface area contributed by atoms with Gasteiger partial charge >= 0.3 is 0 Å². The van der Waals surface area contributed by atoms with Gasteiger partial charge in [0.2, 0.25) is 5.91 Å². The van der Waals surface area contributed by atoms with Gasteiger partial charge in [0.05, 0.1) is 5.41 Å². The van der Waals surface area contributed by atoms with Crippen molar-refractivity contribution in [1.82, 2.24) is 5.32 Å². The van der Waals surface area contributed by atoms with E-state index in [0.717, 1.165) is 12.5 Å². The van der Waals surface area contributed by atoms with Crippen LogP contribution in [0.15, 0.2) is 0 Å². The highest BCUT2D eigenvalue weighted by atomic mass is 16.1. The Morgan fingerprint density at radius 2 is 2.00 bits per heavy atom. The van der Waals surface area contributed by atoms with Crippen LogP contribution in [-0.4, -0.2) is 19.0 Å². The highest BCUT2D eigenvalue weighted by molar-refractivity contribution is 5.80. The average Bonchev–Trinajstić information content (AvgIpc) is 2.22. The molecule has 0 fully saturated rings.